The fourth-order valence-electron chi connectivity index (χ4n) is 1.26. The zero-order valence-electron chi connectivity index (χ0n) is 7.34. The second-order valence-corrected chi connectivity index (χ2v) is 3.81. The number of H-pyrrole nitrogens is 1. The fourth-order valence-corrected chi connectivity index (χ4v) is 1.68. The highest BCUT2D eigenvalue weighted by Crippen LogP contribution is 2.30. The number of phenolic OH excluding ortho intramolecular Hbond substituents is 1. The molecule has 0 bridgehead atoms. The van der Waals surface area contributed by atoms with Gasteiger partial charge in [0.1, 0.15) is 11.3 Å². The van der Waals surface area contributed by atoms with Gasteiger partial charge in [0.15, 0.2) is 0 Å². The van der Waals surface area contributed by atoms with Gasteiger partial charge < -0.3 is 10.1 Å². The molecule has 1 aromatic heterocycles. The monoisotopic (exact) mass is 254 g/mol. The molecule has 0 unspecified atom stereocenters. The van der Waals surface area contributed by atoms with Gasteiger partial charge in [-0.1, -0.05) is 15.9 Å². The van der Waals surface area contributed by atoms with Crippen molar-refractivity contribution in [2.24, 2.45) is 0 Å². The van der Waals surface area contributed by atoms with Crippen LogP contribution < -0.4 is 5.56 Å². The molecule has 1 aromatic carbocycles. The quantitative estimate of drug-likeness (QED) is 0.752. The van der Waals surface area contributed by atoms with Crippen molar-refractivity contribution in [1.29, 1.82) is 0 Å². The Hall–Kier alpha value is -1.36. The van der Waals surface area contributed by atoms with E-state index in [0.29, 0.717) is 20.9 Å². The topological polar surface area (TPSA) is 66.0 Å². The average Bonchev–Trinajstić information content (AvgIpc) is 2.17. The first-order valence-corrected chi connectivity index (χ1v) is 4.76. The van der Waals surface area contributed by atoms with Crippen LogP contribution in [0, 0.1) is 6.92 Å². The lowest BCUT2D eigenvalue weighted by atomic mass is 10.1. The molecule has 0 aliphatic heterocycles. The molecule has 0 saturated carbocycles. The minimum atomic E-state index is -0.258. The van der Waals surface area contributed by atoms with Crippen LogP contribution in [-0.2, 0) is 0 Å². The predicted octanol–water partition coefficient (Wildman–Crippen LogP) is 1.70. The second kappa shape index (κ2) is 3.09. The number of phenols is 1. The molecule has 5 heteroatoms. The number of aromatic hydroxyl groups is 1. The van der Waals surface area contributed by atoms with Crippen molar-refractivity contribution >= 4 is 26.8 Å². The standard InChI is InChI=1S/C9H7BrN2O2/c1-4-6(10)2-5-7(8(4)13)11-3-12-9(5)14/h2-3,13H,1H3,(H,11,12,14). The third-order valence-corrected chi connectivity index (χ3v) is 2.92. The molecular formula is C9H7BrN2O2. The summed E-state index contributed by atoms with van der Waals surface area (Å²) < 4.78 is 0.695. The second-order valence-electron chi connectivity index (χ2n) is 2.96. The number of fused-ring (bicyclic) bond motifs is 1. The summed E-state index contributed by atoms with van der Waals surface area (Å²) in [6, 6.07) is 1.65. The molecule has 0 aliphatic carbocycles. The smallest absolute Gasteiger partial charge is 0.258 e. The first kappa shape index (κ1) is 9.21. The van der Waals surface area contributed by atoms with Gasteiger partial charge in [-0.05, 0) is 13.0 Å². The maximum atomic E-state index is 11.4. The zero-order valence-corrected chi connectivity index (χ0v) is 8.92. The van der Waals surface area contributed by atoms with Gasteiger partial charge in [-0.2, -0.15) is 0 Å². The molecule has 0 aliphatic rings. The summed E-state index contributed by atoms with van der Waals surface area (Å²) in [6.07, 6.45) is 1.28. The third-order valence-electron chi connectivity index (χ3n) is 2.10. The van der Waals surface area contributed by atoms with Crippen LogP contribution in [0.5, 0.6) is 5.75 Å². The molecule has 0 radical (unpaired) electrons. The van der Waals surface area contributed by atoms with E-state index >= 15 is 0 Å². The minimum absolute atomic E-state index is 0.0421. The Bertz CT molecular complexity index is 562. The Morgan fingerprint density at radius 2 is 2.29 bits per heavy atom. The molecule has 14 heavy (non-hydrogen) atoms. The molecule has 0 fully saturated rings. The van der Waals surface area contributed by atoms with Crippen LogP contribution in [-0.4, -0.2) is 15.1 Å². The van der Waals surface area contributed by atoms with Gasteiger partial charge in [0.05, 0.1) is 11.7 Å². The number of aromatic nitrogens is 2. The maximum absolute atomic E-state index is 11.4. The predicted molar refractivity (Wildman–Crippen MR) is 56.5 cm³/mol. The van der Waals surface area contributed by atoms with Crippen LogP contribution in [0.3, 0.4) is 0 Å². The molecular weight excluding hydrogens is 248 g/mol. The first-order valence-electron chi connectivity index (χ1n) is 3.96. The number of nitrogens with zero attached hydrogens (tertiary/aromatic N) is 1. The molecule has 72 valence electrons. The SMILES string of the molecule is Cc1c(Br)cc2c(=O)[nH]cnc2c1O. The molecule has 1 heterocycles. The highest BCUT2D eigenvalue weighted by Gasteiger charge is 2.10. The molecule has 2 rings (SSSR count). The number of rotatable bonds is 0. The van der Waals surface area contributed by atoms with Gasteiger partial charge in [-0.3, -0.25) is 4.79 Å². The van der Waals surface area contributed by atoms with Crippen molar-refractivity contribution in [2.45, 2.75) is 6.92 Å². The van der Waals surface area contributed by atoms with Crippen molar-refractivity contribution in [3.63, 3.8) is 0 Å². The molecule has 0 amide bonds. The summed E-state index contributed by atoms with van der Waals surface area (Å²) in [5.74, 6) is 0.0421. The molecule has 0 saturated heterocycles. The molecule has 4 nitrogen and oxygen atoms in total. The molecule has 2 aromatic rings. The van der Waals surface area contributed by atoms with E-state index in [9.17, 15) is 9.90 Å². The number of benzene rings is 1. The van der Waals surface area contributed by atoms with Crippen LogP contribution in [0.15, 0.2) is 21.7 Å². The van der Waals surface area contributed by atoms with Crippen molar-refractivity contribution < 1.29 is 5.11 Å². The van der Waals surface area contributed by atoms with Crippen LogP contribution in [0.4, 0.5) is 0 Å². The Balaban J connectivity index is 3.06. The van der Waals surface area contributed by atoms with Gasteiger partial charge >= 0.3 is 0 Å². The van der Waals surface area contributed by atoms with Crippen LogP contribution >= 0.6 is 15.9 Å². The van der Waals surface area contributed by atoms with Gasteiger partial charge in [-0.15, -0.1) is 0 Å². The highest BCUT2D eigenvalue weighted by atomic mass is 79.9. The van der Waals surface area contributed by atoms with Crippen molar-refractivity contribution in [3.8, 4) is 5.75 Å². The van der Waals surface area contributed by atoms with Crippen LogP contribution in [0.1, 0.15) is 5.56 Å². The summed E-state index contributed by atoms with van der Waals surface area (Å²) in [5, 5.41) is 10.1. The Morgan fingerprint density at radius 3 is 3.00 bits per heavy atom. The Morgan fingerprint density at radius 1 is 1.57 bits per heavy atom. The minimum Gasteiger partial charge on any atom is -0.505 e. The van der Waals surface area contributed by atoms with Gasteiger partial charge in [0.2, 0.25) is 0 Å². The van der Waals surface area contributed by atoms with E-state index in [1.54, 1.807) is 13.0 Å². The van der Waals surface area contributed by atoms with E-state index in [2.05, 4.69) is 25.9 Å². The number of halogens is 1. The molecule has 0 spiro atoms. The van der Waals surface area contributed by atoms with E-state index in [0.717, 1.165) is 0 Å². The summed E-state index contributed by atoms with van der Waals surface area (Å²) in [7, 11) is 0. The Labute approximate surface area is 87.7 Å². The van der Waals surface area contributed by atoms with E-state index in [-0.39, 0.29) is 11.3 Å². The van der Waals surface area contributed by atoms with E-state index in [1.165, 1.54) is 6.33 Å². The molecule has 0 atom stereocenters. The van der Waals surface area contributed by atoms with Gasteiger partial charge in [-0.25, -0.2) is 4.98 Å². The highest BCUT2D eigenvalue weighted by molar-refractivity contribution is 9.10. The van der Waals surface area contributed by atoms with E-state index in [1.807, 2.05) is 0 Å². The number of nitrogens with one attached hydrogen (secondary N) is 1. The first-order chi connectivity index (χ1) is 6.61. The summed E-state index contributed by atoms with van der Waals surface area (Å²) >= 11 is 3.26. The third kappa shape index (κ3) is 1.21. The van der Waals surface area contributed by atoms with Crippen molar-refractivity contribution in [3.05, 3.63) is 32.8 Å². The summed E-state index contributed by atoms with van der Waals surface area (Å²) in [4.78, 5) is 17.7. The number of aromatic amines is 1. The average molecular weight is 255 g/mol. The van der Waals surface area contributed by atoms with E-state index < -0.39 is 0 Å². The lowest BCUT2D eigenvalue weighted by molar-refractivity contribution is 0.475. The molecule has 2 N–H and O–H groups in total. The van der Waals surface area contributed by atoms with Gasteiger partial charge in [0, 0.05) is 10.0 Å². The summed E-state index contributed by atoms with van der Waals surface area (Å²) in [5.41, 5.74) is 0.746. The Kier molecular flexibility index (Phi) is 2.03. The van der Waals surface area contributed by atoms with Crippen molar-refractivity contribution in [1.82, 2.24) is 9.97 Å². The number of hydrogen-bond donors (Lipinski definition) is 2. The number of hydrogen-bond acceptors (Lipinski definition) is 3. The zero-order chi connectivity index (χ0) is 10.3. The lowest BCUT2D eigenvalue weighted by Crippen LogP contribution is -2.06. The van der Waals surface area contributed by atoms with Gasteiger partial charge in [0.25, 0.3) is 5.56 Å². The van der Waals surface area contributed by atoms with E-state index in [4.69, 9.17) is 0 Å². The lowest BCUT2D eigenvalue weighted by Gasteiger charge is -2.04. The van der Waals surface area contributed by atoms with Crippen LogP contribution in [0.2, 0.25) is 0 Å². The fraction of sp³-hybridized carbons (Fsp3) is 0.111. The van der Waals surface area contributed by atoms with Crippen LogP contribution in [0.25, 0.3) is 10.9 Å². The summed E-state index contributed by atoms with van der Waals surface area (Å²) in [6.45, 7) is 1.75. The normalized spacial score (nSPS) is 10.7. The maximum Gasteiger partial charge on any atom is 0.258 e. The van der Waals surface area contributed by atoms with Crippen molar-refractivity contribution in [2.75, 3.05) is 0 Å². The largest absolute Gasteiger partial charge is 0.505 e.